The van der Waals surface area contributed by atoms with E-state index in [0.29, 0.717) is 42.9 Å². The highest BCUT2D eigenvalue weighted by Crippen LogP contribution is 2.37. The zero-order chi connectivity index (χ0) is 40.7. The second-order valence-corrected chi connectivity index (χ2v) is 16.7. The van der Waals surface area contributed by atoms with Gasteiger partial charge in [0.1, 0.15) is 18.3 Å². The molecular formula is C46H50N10O4. The molecule has 0 saturated carbocycles. The lowest BCUT2D eigenvalue weighted by atomic mass is 9.88. The molecule has 3 saturated heterocycles. The van der Waals surface area contributed by atoms with Crippen LogP contribution in [0.5, 0.6) is 5.88 Å². The SMILES string of the molecule is Cc1c(-c2ccc3cnc(Nc4ccc(N5CCN(CCN6CCC(c7ccc8c(c7)CN(C7CCC(=O)NC7=O)C8=O)CC6)CC5)cc4)nc3c2)cnc2c1NCCO2. The monoisotopic (exact) mass is 806 g/mol. The molecule has 0 bridgehead atoms. The summed E-state index contributed by atoms with van der Waals surface area (Å²) in [6, 6.07) is 20.5. The van der Waals surface area contributed by atoms with Gasteiger partial charge in [0.05, 0.1) is 5.52 Å². The Morgan fingerprint density at radius 3 is 2.43 bits per heavy atom. The molecule has 7 heterocycles. The molecule has 3 N–H and O–H groups in total. The molecule has 0 radical (unpaired) electrons. The lowest BCUT2D eigenvalue weighted by molar-refractivity contribution is -0.136. The number of aromatic nitrogens is 3. The van der Waals surface area contributed by atoms with E-state index in [1.807, 2.05) is 18.5 Å². The van der Waals surface area contributed by atoms with Gasteiger partial charge in [-0.3, -0.25) is 24.6 Å². The number of imide groups is 1. The first-order valence-corrected chi connectivity index (χ1v) is 21.3. The summed E-state index contributed by atoms with van der Waals surface area (Å²) in [4.78, 5) is 60.5. The Bertz CT molecular complexity index is 2460. The maximum absolute atomic E-state index is 13.2. The van der Waals surface area contributed by atoms with Crippen molar-refractivity contribution in [2.24, 2.45) is 0 Å². The molecule has 0 aliphatic carbocycles. The molecule has 5 aliphatic heterocycles. The summed E-state index contributed by atoms with van der Waals surface area (Å²) in [6.45, 7) is 12.3. The first kappa shape index (κ1) is 38.1. The zero-order valence-corrected chi connectivity index (χ0v) is 34.0. The third-order valence-corrected chi connectivity index (χ3v) is 13.0. The molecule has 10 rings (SSSR count). The Morgan fingerprint density at radius 2 is 1.63 bits per heavy atom. The van der Waals surface area contributed by atoms with Gasteiger partial charge >= 0.3 is 0 Å². The van der Waals surface area contributed by atoms with Gasteiger partial charge in [0.15, 0.2) is 0 Å². The fourth-order valence-electron chi connectivity index (χ4n) is 9.50. The molecule has 5 aliphatic rings. The van der Waals surface area contributed by atoms with Crippen molar-refractivity contribution in [3.8, 4) is 17.0 Å². The normalized spacial score (nSPS) is 20.1. The van der Waals surface area contributed by atoms with Gasteiger partial charge in [-0.05, 0) is 104 Å². The third-order valence-electron chi connectivity index (χ3n) is 13.0. The van der Waals surface area contributed by atoms with Crippen LogP contribution in [-0.4, -0.2) is 119 Å². The number of anilines is 4. The number of rotatable bonds is 9. The Hall–Kier alpha value is -6.12. The van der Waals surface area contributed by atoms with Gasteiger partial charge in [-0.25, -0.2) is 15.0 Å². The number of piperidine rings is 2. The fraction of sp³-hybridized carbons (Fsp3) is 0.391. The number of benzene rings is 3. The van der Waals surface area contributed by atoms with Gasteiger partial charge in [0.2, 0.25) is 23.6 Å². The third kappa shape index (κ3) is 7.61. The van der Waals surface area contributed by atoms with Crippen LogP contribution in [-0.2, 0) is 16.1 Å². The Kier molecular flexibility index (Phi) is 10.3. The van der Waals surface area contributed by atoms with Gasteiger partial charge in [-0.1, -0.05) is 24.3 Å². The lowest BCUT2D eigenvalue weighted by Gasteiger charge is -2.38. The van der Waals surface area contributed by atoms with Gasteiger partial charge < -0.3 is 30.1 Å². The van der Waals surface area contributed by atoms with Crippen molar-refractivity contribution in [2.75, 3.05) is 81.0 Å². The Balaban J connectivity index is 0.681. The minimum absolute atomic E-state index is 0.111. The van der Waals surface area contributed by atoms with Crippen molar-refractivity contribution in [3.63, 3.8) is 0 Å². The molecule has 5 aromatic rings. The van der Waals surface area contributed by atoms with E-state index in [-0.39, 0.29) is 24.1 Å². The first-order chi connectivity index (χ1) is 29.3. The number of fused-ring (bicyclic) bond motifs is 3. The Labute approximate surface area is 349 Å². The van der Waals surface area contributed by atoms with Crippen LogP contribution in [0.25, 0.3) is 22.0 Å². The molecule has 14 nitrogen and oxygen atoms in total. The standard InChI is InChI=1S/C46H50N10O4/c1-29-38(27-48-44-42(29)47-14-23-60-44)32-2-3-33-26-49-46(51-39(33)25-32)50-35-5-7-36(8-6-35)55-21-19-54(20-22-55)18-17-53-15-12-30(13-16-53)31-4-9-37-34(24-31)28-56(45(37)59)40-10-11-41(57)52-43(40)58/h2-9,24-27,30,40,47H,10-23,28H2,1H3,(H,49,50,51)(H,52,57,58). The van der Waals surface area contributed by atoms with Crippen molar-refractivity contribution in [1.29, 1.82) is 0 Å². The highest BCUT2D eigenvalue weighted by Gasteiger charge is 2.39. The molecular weight excluding hydrogens is 757 g/mol. The second kappa shape index (κ2) is 16.1. The van der Waals surface area contributed by atoms with Crippen LogP contribution in [0.3, 0.4) is 0 Å². The summed E-state index contributed by atoms with van der Waals surface area (Å²) in [6.07, 6.45) is 6.58. The Morgan fingerprint density at radius 1 is 0.833 bits per heavy atom. The molecule has 14 heteroatoms. The van der Waals surface area contributed by atoms with Gasteiger partial charge in [0.25, 0.3) is 5.91 Å². The van der Waals surface area contributed by atoms with E-state index in [1.165, 1.54) is 11.3 Å². The van der Waals surface area contributed by atoms with Crippen LogP contribution >= 0.6 is 0 Å². The van der Waals surface area contributed by atoms with E-state index < -0.39 is 6.04 Å². The van der Waals surface area contributed by atoms with E-state index >= 15 is 0 Å². The van der Waals surface area contributed by atoms with Crippen LogP contribution in [0.1, 0.15) is 58.6 Å². The van der Waals surface area contributed by atoms with Crippen LogP contribution in [0, 0.1) is 6.92 Å². The quantitative estimate of drug-likeness (QED) is 0.166. The topological polar surface area (TPSA) is 148 Å². The number of hydrogen-bond donors (Lipinski definition) is 3. The van der Waals surface area contributed by atoms with E-state index in [4.69, 9.17) is 9.72 Å². The minimum atomic E-state index is -0.579. The highest BCUT2D eigenvalue weighted by atomic mass is 16.5. The summed E-state index contributed by atoms with van der Waals surface area (Å²) >= 11 is 0. The van der Waals surface area contributed by atoms with Crippen molar-refractivity contribution in [1.82, 2.24) is 35.0 Å². The average Bonchev–Trinajstić information content (AvgIpc) is 3.61. The summed E-state index contributed by atoms with van der Waals surface area (Å²) in [5.74, 6) is 0.937. The van der Waals surface area contributed by atoms with Crippen molar-refractivity contribution < 1.29 is 19.1 Å². The number of amides is 3. The molecule has 2 aromatic heterocycles. The number of hydrogen-bond acceptors (Lipinski definition) is 12. The molecule has 1 atom stereocenters. The smallest absolute Gasteiger partial charge is 0.255 e. The fourth-order valence-corrected chi connectivity index (χ4v) is 9.50. The first-order valence-electron chi connectivity index (χ1n) is 21.3. The van der Waals surface area contributed by atoms with Crippen LogP contribution in [0.15, 0.2) is 73.1 Å². The largest absolute Gasteiger partial charge is 0.474 e. The van der Waals surface area contributed by atoms with Crippen LogP contribution in [0.4, 0.5) is 23.0 Å². The molecule has 60 heavy (non-hydrogen) atoms. The molecule has 1 unspecified atom stereocenters. The molecule has 0 spiro atoms. The van der Waals surface area contributed by atoms with E-state index in [2.05, 4.69) is 102 Å². The minimum Gasteiger partial charge on any atom is -0.474 e. The predicted molar refractivity (Wildman–Crippen MR) is 231 cm³/mol. The molecule has 308 valence electrons. The summed E-state index contributed by atoms with van der Waals surface area (Å²) in [7, 11) is 0. The number of carbonyl (C=O) groups is 3. The maximum atomic E-state index is 13.2. The number of nitrogens with zero attached hydrogens (tertiary/aromatic N) is 7. The van der Waals surface area contributed by atoms with Gasteiger partial charge in [-0.15, -0.1) is 0 Å². The number of pyridine rings is 1. The number of carbonyl (C=O) groups excluding carboxylic acids is 3. The van der Waals surface area contributed by atoms with Crippen LogP contribution in [0.2, 0.25) is 0 Å². The van der Waals surface area contributed by atoms with Crippen molar-refractivity contribution >= 4 is 51.6 Å². The van der Waals surface area contributed by atoms with Crippen molar-refractivity contribution in [2.45, 2.75) is 51.1 Å². The average molecular weight is 807 g/mol. The van der Waals surface area contributed by atoms with E-state index in [9.17, 15) is 14.4 Å². The predicted octanol–water partition coefficient (Wildman–Crippen LogP) is 5.31. The van der Waals surface area contributed by atoms with Gasteiger partial charge in [-0.2, -0.15) is 0 Å². The number of nitrogens with one attached hydrogen (secondary N) is 3. The summed E-state index contributed by atoms with van der Waals surface area (Å²) < 4.78 is 5.72. The molecule has 3 amide bonds. The van der Waals surface area contributed by atoms with Gasteiger partial charge in [0, 0.05) is 99.1 Å². The number of piperazine rings is 1. The van der Waals surface area contributed by atoms with Crippen molar-refractivity contribution in [3.05, 3.63) is 95.3 Å². The zero-order valence-electron chi connectivity index (χ0n) is 34.0. The highest BCUT2D eigenvalue weighted by molar-refractivity contribution is 6.05. The van der Waals surface area contributed by atoms with E-state index in [1.54, 1.807) is 4.90 Å². The van der Waals surface area contributed by atoms with E-state index in [0.717, 1.165) is 116 Å². The number of ether oxygens (including phenoxy) is 1. The lowest BCUT2D eigenvalue weighted by Crippen LogP contribution is -2.52. The molecule has 3 aromatic carbocycles. The number of likely N-dealkylation sites (tertiary alicyclic amines) is 1. The molecule has 3 fully saturated rings. The summed E-state index contributed by atoms with van der Waals surface area (Å²) in [5.41, 5.74) is 10.2. The second-order valence-electron chi connectivity index (χ2n) is 16.7. The van der Waals surface area contributed by atoms with Crippen LogP contribution < -0.4 is 25.6 Å². The summed E-state index contributed by atoms with van der Waals surface area (Å²) in [5, 5.41) is 10.2. The maximum Gasteiger partial charge on any atom is 0.255 e.